The van der Waals surface area contributed by atoms with E-state index in [0.29, 0.717) is 30.1 Å². The highest BCUT2D eigenvalue weighted by molar-refractivity contribution is 5.95. The van der Waals surface area contributed by atoms with Crippen LogP contribution in [0.4, 0.5) is 0 Å². The Hall–Kier alpha value is -1.91. The molecule has 0 spiro atoms. The van der Waals surface area contributed by atoms with Gasteiger partial charge in [0, 0.05) is 24.9 Å². The van der Waals surface area contributed by atoms with Gasteiger partial charge in [-0.2, -0.15) is 0 Å². The van der Waals surface area contributed by atoms with Crippen molar-refractivity contribution in [2.45, 2.75) is 39.5 Å². The van der Waals surface area contributed by atoms with Gasteiger partial charge in [0.05, 0.1) is 5.56 Å². The number of carbonyl (C=O) groups excluding carboxylic acids is 1. The first-order valence-corrected chi connectivity index (χ1v) is 6.96. The third kappa shape index (κ3) is 5.38. The highest BCUT2D eigenvalue weighted by Crippen LogP contribution is 2.14. The number of rotatable bonds is 8. The van der Waals surface area contributed by atoms with Crippen LogP contribution >= 0.6 is 0 Å². The number of carboxylic acid groups (broad SMARTS) is 1. The Balaban J connectivity index is 2.37. The van der Waals surface area contributed by atoms with E-state index in [1.165, 1.54) is 0 Å². The van der Waals surface area contributed by atoms with E-state index < -0.39 is 5.97 Å². The van der Waals surface area contributed by atoms with Crippen LogP contribution in [0.1, 0.15) is 48.7 Å². The average Bonchev–Trinajstić information content (AvgIpc) is 2.42. The topological polar surface area (TPSA) is 79.3 Å². The molecular formula is C15H22N2O3. The number of aryl methyl sites for hydroxylation is 1. The maximum atomic E-state index is 12.0. The zero-order chi connectivity index (χ0) is 15.0. The van der Waals surface area contributed by atoms with E-state index in [0.717, 1.165) is 12.8 Å². The Morgan fingerprint density at radius 3 is 2.75 bits per heavy atom. The average molecular weight is 278 g/mol. The van der Waals surface area contributed by atoms with Crippen molar-refractivity contribution >= 4 is 11.9 Å². The number of carbonyl (C=O) groups is 2. The molecular weight excluding hydrogens is 256 g/mol. The molecule has 0 aliphatic rings. The van der Waals surface area contributed by atoms with Crippen LogP contribution < -0.4 is 5.32 Å². The molecule has 0 fully saturated rings. The second-order valence-electron chi connectivity index (χ2n) is 4.89. The second kappa shape index (κ2) is 8.30. The molecule has 5 nitrogen and oxygen atoms in total. The maximum absolute atomic E-state index is 12.0. The highest BCUT2D eigenvalue weighted by Gasteiger charge is 2.11. The van der Waals surface area contributed by atoms with E-state index in [2.05, 4.69) is 10.3 Å². The number of amides is 1. The fourth-order valence-corrected chi connectivity index (χ4v) is 2.09. The van der Waals surface area contributed by atoms with Gasteiger partial charge in [-0.05, 0) is 37.8 Å². The lowest BCUT2D eigenvalue weighted by Gasteiger charge is -2.14. The molecule has 0 aliphatic heterocycles. The van der Waals surface area contributed by atoms with Crippen LogP contribution in [0.5, 0.6) is 0 Å². The molecule has 1 rings (SSSR count). The zero-order valence-corrected chi connectivity index (χ0v) is 12.1. The van der Waals surface area contributed by atoms with Crippen LogP contribution in [-0.4, -0.2) is 28.5 Å². The van der Waals surface area contributed by atoms with E-state index in [1.807, 2.05) is 6.92 Å². The molecule has 5 heteroatoms. The lowest BCUT2D eigenvalue weighted by atomic mass is 9.96. The van der Waals surface area contributed by atoms with Crippen LogP contribution in [0.25, 0.3) is 0 Å². The number of aromatic nitrogens is 1. The van der Waals surface area contributed by atoms with Crippen molar-refractivity contribution in [1.29, 1.82) is 0 Å². The fourth-order valence-electron chi connectivity index (χ4n) is 2.09. The van der Waals surface area contributed by atoms with Crippen molar-refractivity contribution in [3.63, 3.8) is 0 Å². The smallest absolute Gasteiger partial charge is 0.303 e. The van der Waals surface area contributed by atoms with E-state index in [1.54, 1.807) is 25.3 Å². The van der Waals surface area contributed by atoms with Gasteiger partial charge < -0.3 is 10.4 Å². The van der Waals surface area contributed by atoms with Crippen LogP contribution in [0, 0.1) is 12.8 Å². The lowest BCUT2D eigenvalue weighted by molar-refractivity contribution is -0.137. The summed E-state index contributed by atoms with van der Waals surface area (Å²) in [6.45, 7) is 4.40. The summed E-state index contributed by atoms with van der Waals surface area (Å²) >= 11 is 0. The minimum atomic E-state index is -0.765. The number of hydrogen-bond donors (Lipinski definition) is 2. The standard InChI is InChI=1S/C15H22N2O3/c1-3-12(6-7-14(18)19)8-10-17-15(20)13-5-4-9-16-11(13)2/h4-5,9,12H,3,6-8,10H2,1-2H3,(H,17,20)(H,18,19). The number of nitrogens with zero attached hydrogens (tertiary/aromatic N) is 1. The molecule has 1 aromatic rings. The van der Waals surface area contributed by atoms with E-state index in [4.69, 9.17) is 5.11 Å². The van der Waals surface area contributed by atoms with E-state index in [9.17, 15) is 9.59 Å². The SMILES string of the molecule is CCC(CCNC(=O)c1cccnc1C)CCC(=O)O. The maximum Gasteiger partial charge on any atom is 0.303 e. The van der Waals surface area contributed by atoms with Crippen molar-refractivity contribution < 1.29 is 14.7 Å². The fraction of sp³-hybridized carbons (Fsp3) is 0.533. The molecule has 110 valence electrons. The summed E-state index contributed by atoms with van der Waals surface area (Å²) in [7, 11) is 0. The summed E-state index contributed by atoms with van der Waals surface area (Å²) in [6.07, 6.45) is 4.23. The Morgan fingerprint density at radius 1 is 1.40 bits per heavy atom. The molecule has 0 saturated carbocycles. The number of pyridine rings is 1. The van der Waals surface area contributed by atoms with Crippen molar-refractivity contribution in [3.8, 4) is 0 Å². The normalized spacial score (nSPS) is 11.9. The van der Waals surface area contributed by atoms with Crippen molar-refractivity contribution in [2.75, 3.05) is 6.54 Å². The van der Waals surface area contributed by atoms with Gasteiger partial charge in [-0.3, -0.25) is 14.6 Å². The molecule has 2 N–H and O–H groups in total. The summed E-state index contributed by atoms with van der Waals surface area (Å²) in [5.41, 5.74) is 1.30. The Kier molecular flexibility index (Phi) is 6.70. The number of hydrogen-bond acceptors (Lipinski definition) is 3. The van der Waals surface area contributed by atoms with Gasteiger partial charge in [0.1, 0.15) is 0 Å². The van der Waals surface area contributed by atoms with Crippen LogP contribution in [-0.2, 0) is 4.79 Å². The number of nitrogens with one attached hydrogen (secondary N) is 1. The van der Waals surface area contributed by atoms with Crippen LogP contribution in [0.2, 0.25) is 0 Å². The molecule has 1 amide bonds. The van der Waals surface area contributed by atoms with Gasteiger partial charge in [0.2, 0.25) is 0 Å². The second-order valence-corrected chi connectivity index (χ2v) is 4.89. The predicted octanol–water partition coefficient (Wildman–Crippen LogP) is 2.40. The van der Waals surface area contributed by atoms with Gasteiger partial charge in [-0.25, -0.2) is 0 Å². The van der Waals surface area contributed by atoms with Crippen molar-refractivity contribution in [2.24, 2.45) is 5.92 Å². The van der Waals surface area contributed by atoms with E-state index in [-0.39, 0.29) is 12.3 Å². The quantitative estimate of drug-likeness (QED) is 0.765. The summed E-state index contributed by atoms with van der Waals surface area (Å²) in [6, 6.07) is 3.49. The lowest BCUT2D eigenvalue weighted by Crippen LogP contribution is -2.26. The highest BCUT2D eigenvalue weighted by atomic mass is 16.4. The van der Waals surface area contributed by atoms with Crippen molar-refractivity contribution in [1.82, 2.24) is 10.3 Å². The Labute approximate surface area is 119 Å². The third-order valence-electron chi connectivity index (χ3n) is 3.43. The van der Waals surface area contributed by atoms with Gasteiger partial charge in [0.25, 0.3) is 5.91 Å². The largest absolute Gasteiger partial charge is 0.481 e. The van der Waals surface area contributed by atoms with E-state index >= 15 is 0 Å². The van der Waals surface area contributed by atoms with Crippen LogP contribution in [0.3, 0.4) is 0 Å². The van der Waals surface area contributed by atoms with Crippen molar-refractivity contribution in [3.05, 3.63) is 29.6 Å². The Morgan fingerprint density at radius 2 is 2.15 bits per heavy atom. The third-order valence-corrected chi connectivity index (χ3v) is 3.43. The summed E-state index contributed by atoms with van der Waals surface area (Å²) in [5.74, 6) is -0.552. The first kappa shape index (κ1) is 16.1. The molecule has 1 unspecified atom stereocenters. The molecule has 0 radical (unpaired) electrons. The minimum Gasteiger partial charge on any atom is -0.481 e. The van der Waals surface area contributed by atoms with Crippen LogP contribution in [0.15, 0.2) is 18.3 Å². The Bertz CT molecular complexity index is 460. The molecule has 0 bridgehead atoms. The molecule has 1 aromatic heterocycles. The first-order valence-electron chi connectivity index (χ1n) is 6.96. The predicted molar refractivity (Wildman–Crippen MR) is 76.6 cm³/mol. The minimum absolute atomic E-state index is 0.122. The summed E-state index contributed by atoms with van der Waals surface area (Å²) < 4.78 is 0. The number of aliphatic carboxylic acids is 1. The van der Waals surface area contributed by atoms with Gasteiger partial charge in [-0.1, -0.05) is 13.3 Å². The van der Waals surface area contributed by atoms with Gasteiger partial charge >= 0.3 is 5.97 Å². The molecule has 0 aliphatic carbocycles. The van der Waals surface area contributed by atoms with Gasteiger partial charge in [-0.15, -0.1) is 0 Å². The molecule has 1 atom stereocenters. The molecule has 20 heavy (non-hydrogen) atoms. The number of carboxylic acids is 1. The summed E-state index contributed by atoms with van der Waals surface area (Å²) in [4.78, 5) is 26.6. The monoisotopic (exact) mass is 278 g/mol. The summed E-state index contributed by atoms with van der Waals surface area (Å²) in [5, 5.41) is 11.5. The molecule has 1 heterocycles. The molecule has 0 aromatic carbocycles. The first-order chi connectivity index (χ1) is 9.54. The molecule has 0 saturated heterocycles. The van der Waals surface area contributed by atoms with Gasteiger partial charge in [0.15, 0.2) is 0 Å². The zero-order valence-electron chi connectivity index (χ0n) is 12.1.